The van der Waals surface area contributed by atoms with Gasteiger partial charge >= 0.3 is 0 Å². The molecule has 2 rings (SSSR count). The number of anilines is 1. The lowest BCUT2D eigenvalue weighted by molar-refractivity contribution is 0.394. The summed E-state index contributed by atoms with van der Waals surface area (Å²) in [6, 6.07) is 5.65. The van der Waals surface area contributed by atoms with Crippen molar-refractivity contribution >= 4 is 17.3 Å². The molecule has 1 aromatic heterocycles. The van der Waals surface area contributed by atoms with Gasteiger partial charge in [0.05, 0.1) is 37.2 Å². The Morgan fingerprint density at radius 2 is 1.81 bits per heavy atom. The maximum absolute atomic E-state index is 6.34. The predicted molar refractivity (Wildman–Crippen MR) is 84.5 cm³/mol. The molecule has 0 saturated heterocycles. The Bertz CT molecular complexity index is 603. The molecule has 0 bridgehead atoms. The van der Waals surface area contributed by atoms with Crippen molar-refractivity contribution in [1.82, 2.24) is 9.78 Å². The second-order valence-corrected chi connectivity index (χ2v) is 5.02. The lowest BCUT2D eigenvalue weighted by Gasteiger charge is -2.11. The molecule has 1 heterocycles. The average molecular weight is 310 g/mol. The van der Waals surface area contributed by atoms with Gasteiger partial charge in [-0.1, -0.05) is 18.5 Å². The van der Waals surface area contributed by atoms with Crippen molar-refractivity contribution in [3.63, 3.8) is 0 Å². The van der Waals surface area contributed by atoms with Crippen LogP contribution in [0, 0.1) is 0 Å². The fraction of sp³-hybridized carbons (Fsp3) is 0.400. The normalized spacial score (nSPS) is 10.5. The molecule has 5 nitrogen and oxygen atoms in total. The molecule has 21 heavy (non-hydrogen) atoms. The maximum Gasteiger partial charge on any atom is 0.124 e. The summed E-state index contributed by atoms with van der Waals surface area (Å²) in [5.74, 6) is 1.48. The fourth-order valence-electron chi connectivity index (χ4n) is 2.11. The van der Waals surface area contributed by atoms with E-state index in [0.29, 0.717) is 6.54 Å². The quantitative estimate of drug-likeness (QED) is 0.889. The van der Waals surface area contributed by atoms with Gasteiger partial charge in [0.1, 0.15) is 11.5 Å². The van der Waals surface area contributed by atoms with Crippen molar-refractivity contribution in [2.75, 3.05) is 19.5 Å². The predicted octanol–water partition coefficient (Wildman–Crippen LogP) is 3.27. The number of rotatable bonds is 6. The van der Waals surface area contributed by atoms with Gasteiger partial charge in [-0.15, -0.1) is 0 Å². The third-order valence-electron chi connectivity index (χ3n) is 3.31. The standard InChI is InChI=1S/C15H20ClN3O2/c1-5-13-15(16)14(19(2)18-13)9-17-10-6-11(20-3)8-12(7-10)21-4/h6-8,17H,5,9H2,1-4H3. The highest BCUT2D eigenvalue weighted by Gasteiger charge is 2.12. The van der Waals surface area contributed by atoms with Gasteiger partial charge in [0.15, 0.2) is 0 Å². The molecule has 1 N–H and O–H groups in total. The Morgan fingerprint density at radius 3 is 2.29 bits per heavy atom. The van der Waals surface area contributed by atoms with E-state index in [0.717, 1.165) is 40.0 Å². The van der Waals surface area contributed by atoms with Gasteiger partial charge in [0, 0.05) is 30.9 Å². The van der Waals surface area contributed by atoms with E-state index < -0.39 is 0 Å². The first-order valence-corrected chi connectivity index (χ1v) is 7.14. The Hall–Kier alpha value is -1.88. The summed E-state index contributed by atoms with van der Waals surface area (Å²) >= 11 is 6.34. The van der Waals surface area contributed by atoms with Crippen molar-refractivity contribution in [3.8, 4) is 11.5 Å². The Morgan fingerprint density at radius 1 is 1.19 bits per heavy atom. The molecule has 0 spiro atoms. The molecule has 114 valence electrons. The Labute approximate surface area is 129 Å². The van der Waals surface area contributed by atoms with Crippen LogP contribution in [0.1, 0.15) is 18.3 Å². The highest BCUT2D eigenvalue weighted by molar-refractivity contribution is 6.31. The first kappa shape index (κ1) is 15.5. The van der Waals surface area contributed by atoms with Crippen LogP contribution >= 0.6 is 11.6 Å². The molecule has 0 unspecified atom stereocenters. The summed E-state index contributed by atoms with van der Waals surface area (Å²) in [4.78, 5) is 0. The van der Waals surface area contributed by atoms with Crippen molar-refractivity contribution in [2.24, 2.45) is 7.05 Å². The van der Waals surface area contributed by atoms with Gasteiger partial charge in [-0.2, -0.15) is 5.10 Å². The number of hydrogen-bond donors (Lipinski definition) is 1. The van der Waals surface area contributed by atoms with E-state index in [1.807, 2.05) is 36.9 Å². The lowest BCUT2D eigenvalue weighted by Crippen LogP contribution is -2.06. The maximum atomic E-state index is 6.34. The van der Waals surface area contributed by atoms with Crippen molar-refractivity contribution in [1.29, 1.82) is 0 Å². The van der Waals surface area contributed by atoms with Crippen LogP contribution in [0.15, 0.2) is 18.2 Å². The molecule has 1 aromatic carbocycles. The monoisotopic (exact) mass is 309 g/mol. The molecular formula is C15H20ClN3O2. The SMILES string of the molecule is CCc1nn(C)c(CNc2cc(OC)cc(OC)c2)c1Cl. The molecule has 0 radical (unpaired) electrons. The zero-order chi connectivity index (χ0) is 15.4. The van der Waals surface area contributed by atoms with Crippen LogP contribution < -0.4 is 14.8 Å². The van der Waals surface area contributed by atoms with Gasteiger partial charge in [-0.3, -0.25) is 4.68 Å². The van der Waals surface area contributed by atoms with E-state index >= 15 is 0 Å². The third kappa shape index (κ3) is 3.42. The van der Waals surface area contributed by atoms with Crippen LogP contribution in [-0.4, -0.2) is 24.0 Å². The number of nitrogens with zero attached hydrogens (tertiary/aromatic N) is 2. The number of nitrogens with one attached hydrogen (secondary N) is 1. The zero-order valence-corrected chi connectivity index (χ0v) is 13.5. The van der Waals surface area contributed by atoms with Crippen LogP contribution in [0.3, 0.4) is 0 Å². The van der Waals surface area contributed by atoms with Crippen molar-refractivity contribution in [3.05, 3.63) is 34.6 Å². The number of hydrogen-bond acceptors (Lipinski definition) is 4. The molecule has 0 atom stereocenters. The second-order valence-electron chi connectivity index (χ2n) is 4.64. The van der Waals surface area contributed by atoms with Crippen LogP contribution in [0.2, 0.25) is 5.02 Å². The van der Waals surface area contributed by atoms with Crippen molar-refractivity contribution in [2.45, 2.75) is 19.9 Å². The number of ether oxygens (including phenoxy) is 2. The summed E-state index contributed by atoms with van der Waals surface area (Å²) in [7, 11) is 5.16. The van der Waals surface area contributed by atoms with Crippen LogP contribution in [0.25, 0.3) is 0 Å². The third-order valence-corrected chi connectivity index (χ3v) is 3.75. The van der Waals surface area contributed by atoms with Crippen LogP contribution in [-0.2, 0) is 20.0 Å². The number of halogens is 1. The molecule has 0 aliphatic heterocycles. The largest absolute Gasteiger partial charge is 0.497 e. The van der Waals surface area contributed by atoms with Gasteiger partial charge in [-0.25, -0.2) is 0 Å². The number of methoxy groups -OCH3 is 2. The van der Waals surface area contributed by atoms with E-state index in [1.54, 1.807) is 14.2 Å². The highest BCUT2D eigenvalue weighted by Crippen LogP contribution is 2.27. The lowest BCUT2D eigenvalue weighted by atomic mass is 10.2. The molecule has 0 aliphatic rings. The molecule has 0 amide bonds. The summed E-state index contributed by atoms with van der Waals surface area (Å²) in [6.07, 6.45) is 0.819. The molecule has 0 saturated carbocycles. The zero-order valence-electron chi connectivity index (χ0n) is 12.7. The summed E-state index contributed by atoms with van der Waals surface area (Å²) in [5, 5.41) is 8.45. The van der Waals surface area contributed by atoms with Gasteiger partial charge in [0.2, 0.25) is 0 Å². The summed E-state index contributed by atoms with van der Waals surface area (Å²) in [6.45, 7) is 2.62. The van der Waals surface area contributed by atoms with E-state index in [4.69, 9.17) is 21.1 Å². The average Bonchev–Trinajstić information content (AvgIpc) is 2.78. The molecule has 0 fully saturated rings. The molecule has 0 aliphatic carbocycles. The number of aromatic nitrogens is 2. The first-order chi connectivity index (χ1) is 10.1. The first-order valence-electron chi connectivity index (χ1n) is 6.76. The number of aryl methyl sites for hydroxylation is 2. The van der Waals surface area contributed by atoms with E-state index in [9.17, 15) is 0 Å². The minimum absolute atomic E-state index is 0.582. The number of benzene rings is 1. The Balaban J connectivity index is 2.18. The molecular weight excluding hydrogens is 290 g/mol. The molecule has 6 heteroatoms. The minimum atomic E-state index is 0.582. The minimum Gasteiger partial charge on any atom is -0.497 e. The van der Waals surface area contributed by atoms with Gasteiger partial charge < -0.3 is 14.8 Å². The van der Waals surface area contributed by atoms with E-state index in [1.165, 1.54) is 0 Å². The van der Waals surface area contributed by atoms with Crippen molar-refractivity contribution < 1.29 is 9.47 Å². The van der Waals surface area contributed by atoms with Crippen LogP contribution in [0.4, 0.5) is 5.69 Å². The van der Waals surface area contributed by atoms with E-state index in [2.05, 4.69) is 10.4 Å². The smallest absolute Gasteiger partial charge is 0.124 e. The van der Waals surface area contributed by atoms with Gasteiger partial charge in [0.25, 0.3) is 0 Å². The summed E-state index contributed by atoms with van der Waals surface area (Å²) in [5.41, 5.74) is 2.77. The van der Waals surface area contributed by atoms with E-state index in [-0.39, 0.29) is 0 Å². The fourth-order valence-corrected chi connectivity index (χ4v) is 2.47. The second kappa shape index (κ2) is 6.72. The summed E-state index contributed by atoms with van der Waals surface area (Å²) < 4.78 is 12.3. The topological polar surface area (TPSA) is 48.3 Å². The van der Waals surface area contributed by atoms with Crippen LogP contribution in [0.5, 0.6) is 11.5 Å². The Kier molecular flexibility index (Phi) is 4.96. The highest BCUT2D eigenvalue weighted by atomic mass is 35.5. The molecule has 2 aromatic rings. The van der Waals surface area contributed by atoms with Gasteiger partial charge in [-0.05, 0) is 6.42 Å².